The van der Waals surface area contributed by atoms with E-state index in [1.807, 2.05) is 12.1 Å². The first-order valence-corrected chi connectivity index (χ1v) is 17.1. The lowest BCUT2D eigenvalue weighted by Crippen LogP contribution is -2.11. The van der Waals surface area contributed by atoms with Crippen LogP contribution in [0.4, 0.5) is 17.1 Å². The number of rotatable bonds is 5. The largest absolute Gasteiger partial charge is 0.455 e. The standard InChI is InChI=1S/C48H31NO/c1-2-12-32(13-3-1)33-24-27-37(28-25-33)49(45-31-36-15-5-6-18-39(36)43-29-26-34-14-4-7-19-40(34)47(43)45)38-17-10-16-35(30-38)41-21-11-22-44-42-20-8-9-23-46(42)50-48(41)44/h1-31H. The van der Waals surface area contributed by atoms with Gasteiger partial charge in [-0.15, -0.1) is 0 Å². The van der Waals surface area contributed by atoms with Crippen LogP contribution in [-0.4, -0.2) is 0 Å². The van der Waals surface area contributed by atoms with Gasteiger partial charge >= 0.3 is 0 Å². The molecule has 10 rings (SSSR count). The summed E-state index contributed by atoms with van der Waals surface area (Å²) < 4.78 is 6.50. The van der Waals surface area contributed by atoms with E-state index in [0.29, 0.717) is 0 Å². The summed E-state index contributed by atoms with van der Waals surface area (Å²) in [7, 11) is 0. The van der Waals surface area contributed by atoms with Gasteiger partial charge in [0, 0.05) is 33.1 Å². The Hall–Kier alpha value is -6.64. The van der Waals surface area contributed by atoms with E-state index < -0.39 is 0 Å². The highest BCUT2D eigenvalue weighted by atomic mass is 16.3. The van der Waals surface area contributed by atoms with Gasteiger partial charge in [-0.25, -0.2) is 0 Å². The molecule has 0 atom stereocenters. The van der Waals surface area contributed by atoms with Crippen LogP contribution in [0, 0.1) is 0 Å². The van der Waals surface area contributed by atoms with Crippen molar-refractivity contribution in [3.8, 4) is 22.3 Å². The second kappa shape index (κ2) is 11.5. The highest BCUT2D eigenvalue weighted by Gasteiger charge is 2.20. The van der Waals surface area contributed by atoms with Crippen molar-refractivity contribution in [1.82, 2.24) is 0 Å². The summed E-state index contributed by atoms with van der Waals surface area (Å²) in [6.07, 6.45) is 0. The molecule has 0 saturated carbocycles. The summed E-state index contributed by atoms with van der Waals surface area (Å²) in [5.74, 6) is 0. The molecule has 0 amide bonds. The molecule has 0 radical (unpaired) electrons. The van der Waals surface area contributed by atoms with Crippen molar-refractivity contribution in [1.29, 1.82) is 0 Å². The van der Waals surface area contributed by atoms with Crippen LogP contribution in [0.1, 0.15) is 0 Å². The summed E-state index contributed by atoms with van der Waals surface area (Å²) in [5.41, 5.74) is 9.69. The normalized spacial score (nSPS) is 11.6. The maximum Gasteiger partial charge on any atom is 0.143 e. The van der Waals surface area contributed by atoms with Crippen LogP contribution in [0.3, 0.4) is 0 Å². The van der Waals surface area contributed by atoms with Crippen LogP contribution in [-0.2, 0) is 0 Å². The van der Waals surface area contributed by atoms with Crippen LogP contribution >= 0.6 is 0 Å². The quantitative estimate of drug-likeness (QED) is 0.175. The Morgan fingerprint density at radius 2 is 1.02 bits per heavy atom. The van der Waals surface area contributed by atoms with Crippen LogP contribution in [0.2, 0.25) is 0 Å². The van der Waals surface area contributed by atoms with Gasteiger partial charge in [0.25, 0.3) is 0 Å². The van der Waals surface area contributed by atoms with Crippen molar-refractivity contribution >= 4 is 71.3 Å². The first kappa shape index (κ1) is 28.4. The molecular formula is C48H31NO. The average molecular weight is 638 g/mol. The minimum absolute atomic E-state index is 0.903. The number of benzene rings is 9. The van der Waals surface area contributed by atoms with Gasteiger partial charge in [-0.05, 0) is 80.0 Å². The summed E-state index contributed by atoms with van der Waals surface area (Å²) in [5, 5.41) is 9.66. The van der Waals surface area contributed by atoms with Crippen molar-refractivity contribution in [2.24, 2.45) is 0 Å². The molecule has 234 valence electrons. The Kier molecular flexibility index (Phi) is 6.53. The Bertz CT molecular complexity index is 2870. The first-order chi connectivity index (χ1) is 24.8. The number of furan rings is 1. The van der Waals surface area contributed by atoms with Gasteiger partial charge in [0.2, 0.25) is 0 Å². The molecule has 0 aliphatic rings. The minimum Gasteiger partial charge on any atom is -0.455 e. The lowest BCUT2D eigenvalue weighted by atomic mass is 9.94. The topological polar surface area (TPSA) is 16.4 Å². The molecule has 0 aliphatic heterocycles. The van der Waals surface area contributed by atoms with Gasteiger partial charge in [0.15, 0.2) is 0 Å². The molecule has 0 N–H and O–H groups in total. The SMILES string of the molecule is c1ccc(-c2ccc(N(c3cccc(-c4cccc5c4oc4ccccc45)c3)c3cc4ccccc4c4ccc5ccccc5c34)cc2)cc1. The molecule has 10 aromatic rings. The molecule has 0 spiro atoms. The van der Waals surface area contributed by atoms with E-state index in [1.165, 1.54) is 43.4 Å². The van der Waals surface area contributed by atoms with Gasteiger partial charge in [-0.3, -0.25) is 0 Å². The van der Waals surface area contributed by atoms with Gasteiger partial charge in [0.05, 0.1) is 5.69 Å². The fraction of sp³-hybridized carbons (Fsp3) is 0. The van der Waals surface area contributed by atoms with Gasteiger partial charge in [-0.2, -0.15) is 0 Å². The monoisotopic (exact) mass is 637 g/mol. The maximum absolute atomic E-state index is 6.50. The maximum atomic E-state index is 6.50. The van der Waals surface area contributed by atoms with Crippen molar-refractivity contribution in [2.45, 2.75) is 0 Å². The van der Waals surface area contributed by atoms with E-state index in [2.05, 4.69) is 181 Å². The summed E-state index contributed by atoms with van der Waals surface area (Å²) in [6, 6.07) is 67.5. The Labute approximate surface area is 290 Å². The van der Waals surface area contributed by atoms with E-state index in [-0.39, 0.29) is 0 Å². The summed E-state index contributed by atoms with van der Waals surface area (Å²) >= 11 is 0. The van der Waals surface area contributed by atoms with E-state index in [4.69, 9.17) is 4.42 Å². The Morgan fingerprint density at radius 3 is 1.88 bits per heavy atom. The van der Waals surface area contributed by atoms with Crippen LogP contribution < -0.4 is 4.90 Å². The molecule has 1 aromatic heterocycles. The molecular weight excluding hydrogens is 607 g/mol. The molecule has 0 saturated heterocycles. The van der Waals surface area contributed by atoms with Crippen LogP contribution in [0.5, 0.6) is 0 Å². The van der Waals surface area contributed by atoms with E-state index in [1.54, 1.807) is 0 Å². The fourth-order valence-corrected chi connectivity index (χ4v) is 7.68. The van der Waals surface area contributed by atoms with Crippen molar-refractivity contribution in [3.63, 3.8) is 0 Å². The number of para-hydroxylation sites is 2. The van der Waals surface area contributed by atoms with E-state index >= 15 is 0 Å². The molecule has 0 fully saturated rings. The third-order valence-corrected chi connectivity index (χ3v) is 10.0. The van der Waals surface area contributed by atoms with Gasteiger partial charge in [-0.1, -0.05) is 152 Å². The average Bonchev–Trinajstić information content (AvgIpc) is 3.58. The Morgan fingerprint density at radius 1 is 0.360 bits per heavy atom. The highest BCUT2D eigenvalue weighted by molar-refractivity contribution is 6.23. The predicted molar refractivity (Wildman–Crippen MR) is 212 cm³/mol. The zero-order valence-corrected chi connectivity index (χ0v) is 27.3. The zero-order chi connectivity index (χ0) is 33.0. The van der Waals surface area contributed by atoms with Gasteiger partial charge < -0.3 is 9.32 Å². The van der Waals surface area contributed by atoms with Crippen LogP contribution in [0.15, 0.2) is 192 Å². The Balaban J connectivity index is 1.24. The second-order valence-corrected chi connectivity index (χ2v) is 12.9. The third kappa shape index (κ3) is 4.57. The van der Waals surface area contributed by atoms with Crippen molar-refractivity contribution < 1.29 is 4.42 Å². The van der Waals surface area contributed by atoms with E-state index in [9.17, 15) is 0 Å². The minimum atomic E-state index is 0.903. The summed E-state index contributed by atoms with van der Waals surface area (Å²) in [6.45, 7) is 0. The number of hydrogen-bond acceptors (Lipinski definition) is 2. The number of hydrogen-bond donors (Lipinski definition) is 0. The molecule has 0 aliphatic carbocycles. The lowest BCUT2D eigenvalue weighted by molar-refractivity contribution is 0.670. The molecule has 0 bridgehead atoms. The lowest BCUT2D eigenvalue weighted by Gasteiger charge is -2.29. The van der Waals surface area contributed by atoms with Gasteiger partial charge in [0.1, 0.15) is 11.2 Å². The fourth-order valence-electron chi connectivity index (χ4n) is 7.68. The molecule has 2 heteroatoms. The second-order valence-electron chi connectivity index (χ2n) is 12.9. The van der Waals surface area contributed by atoms with Crippen molar-refractivity contribution in [3.05, 3.63) is 188 Å². The molecule has 1 heterocycles. The summed E-state index contributed by atoms with van der Waals surface area (Å²) in [4.78, 5) is 2.43. The zero-order valence-electron chi connectivity index (χ0n) is 27.3. The number of nitrogens with zero attached hydrogens (tertiary/aromatic N) is 1. The molecule has 50 heavy (non-hydrogen) atoms. The van der Waals surface area contributed by atoms with Crippen LogP contribution in [0.25, 0.3) is 76.5 Å². The van der Waals surface area contributed by atoms with Crippen molar-refractivity contribution in [2.75, 3.05) is 4.90 Å². The number of fused-ring (bicyclic) bond motifs is 8. The first-order valence-electron chi connectivity index (χ1n) is 17.1. The molecule has 0 unspecified atom stereocenters. The predicted octanol–water partition coefficient (Wildman–Crippen LogP) is 13.8. The van der Waals surface area contributed by atoms with E-state index in [0.717, 1.165) is 50.1 Å². The highest BCUT2D eigenvalue weighted by Crippen LogP contribution is 2.46. The molecule has 9 aromatic carbocycles. The smallest absolute Gasteiger partial charge is 0.143 e. The third-order valence-electron chi connectivity index (χ3n) is 10.0. The number of anilines is 3. The molecule has 2 nitrogen and oxygen atoms in total.